The highest BCUT2D eigenvalue weighted by Crippen LogP contribution is 2.20. The van der Waals surface area contributed by atoms with E-state index in [0.29, 0.717) is 18.9 Å². The molecule has 0 spiro atoms. The number of nitrogens with zero attached hydrogens (tertiary/aromatic N) is 1. The van der Waals surface area contributed by atoms with Crippen LogP contribution < -0.4 is 0 Å². The van der Waals surface area contributed by atoms with Crippen LogP contribution in [0.1, 0.15) is 33.1 Å². The zero-order valence-corrected chi connectivity index (χ0v) is 10.5. The number of carbonyl (C=O) groups excluding carboxylic acids is 1. The molecule has 1 saturated heterocycles. The summed E-state index contributed by atoms with van der Waals surface area (Å²) in [6, 6.07) is -0.243. The summed E-state index contributed by atoms with van der Waals surface area (Å²) in [7, 11) is 1.40. The highest BCUT2D eigenvalue weighted by atomic mass is 16.5. The van der Waals surface area contributed by atoms with Gasteiger partial charge in [0.05, 0.1) is 13.2 Å². The van der Waals surface area contributed by atoms with Gasteiger partial charge < -0.3 is 9.84 Å². The van der Waals surface area contributed by atoms with Gasteiger partial charge in [0.1, 0.15) is 6.04 Å². The van der Waals surface area contributed by atoms with Gasteiger partial charge in [-0.25, -0.2) is 0 Å². The van der Waals surface area contributed by atoms with Gasteiger partial charge in [0.15, 0.2) is 0 Å². The monoisotopic (exact) mass is 229 g/mol. The van der Waals surface area contributed by atoms with Crippen molar-refractivity contribution in [3.63, 3.8) is 0 Å². The number of methoxy groups -OCH3 is 1. The molecule has 4 heteroatoms. The van der Waals surface area contributed by atoms with E-state index in [-0.39, 0.29) is 18.1 Å². The van der Waals surface area contributed by atoms with E-state index >= 15 is 0 Å². The van der Waals surface area contributed by atoms with E-state index in [2.05, 4.69) is 13.8 Å². The van der Waals surface area contributed by atoms with E-state index in [9.17, 15) is 9.90 Å². The largest absolute Gasteiger partial charge is 0.468 e. The average molecular weight is 229 g/mol. The van der Waals surface area contributed by atoms with Gasteiger partial charge in [0.2, 0.25) is 0 Å². The fourth-order valence-electron chi connectivity index (χ4n) is 2.21. The van der Waals surface area contributed by atoms with Crippen LogP contribution in [-0.4, -0.2) is 48.3 Å². The maximum atomic E-state index is 11.5. The first-order valence-corrected chi connectivity index (χ1v) is 6.04. The Morgan fingerprint density at radius 3 is 2.81 bits per heavy atom. The summed E-state index contributed by atoms with van der Waals surface area (Å²) in [6.45, 7) is 5.85. The fourth-order valence-corrected chi connectivity index (χ4v) is 2.21. The standard InChI is InChI=1S/C12H23NO3/c1-9(2)5-4-6-13-8-10(14)7-11(13)12(15)16-3/h9-11,14H,4-8H2,1-3H3. The first-order valence-electron chi connectivity index (χ1n) is 6.04. The number of β-amino-alcohol motifs (C(OH)–C–C–N with tert-alkyl or cyclic N) is 1. The number of aliphatic hydroxyl groups excluding tert-OH is 1. The molecule has 0 aromatic carbocycles. The van der Waals surface area contributed by atoms with Gasteiger partial charge in [-0.2, -0.15) is 0 Å². The van der Waals surface area contributed by atoms with E-state index in [1.165, 1.54) is 7.11 Å². The first-order chi connectivity index (χ1) is 7.54. The molecule has 0 saturated carbocycles. The van der Waals surface area contributed by atoms with Gasteiger partial charge in [-0.3, -0.25) is 9.69 Å². The van der Waals surface area contributed by atoms with Crippen LogP contribution >= 0.6 is 0 Å². The van der Waals surface area contributed by atoms with Crippen LogP contribution in [0, 0.1) is 5.92 Å². The highest BCUT2D eigenvalue weighted by Gasteiger charge is 2.36. The number of carbonyl (C=O) groups is 1. The lowest BCUT2D eigenvalue weighted by atomic mass is 10.1. The van der Waals surface area contributed by atoms with Gasteiger partial charge in [-0.1, -0.05) is 13.8 Å². The SMILES string of the molecule is COC(=O)C1CC(O)CN1CCCC(C)C. The molecule has 0 amide bonds. The zero-order chi connectivity index (χ0) is 12.1. The van der Waals surface area contributed by atoms with Gasteiger partial charge >= 0.3 is 5.97 Å². The molecule has 16 heavy (non-hydrogen) atoms. The van der Waals surface area contributed by atoms with E-state index in [1.54, 1.807) is 0 Å². The van der Waals surface area contributed by atoms with Crippen molar-refractivity contribution in [3.8, 4) is 0 Å². The minimum absolute atomic E-state index is 0.221. The lowest BCUT2D eigenvalue weighted by molar-refractivity contribution is -0.145. The predicted octanol–water partition coefficient (Wildman–Crippen LogP) is 1.03. The van der Waals surface area contributed by atoms with Crippen LogP contribution in [0.25, 0.3) is 0 Å². The van der Waals surface area contributed by atoms with E-state index in [0.717, 1.165) is 19.4 Å². The van der Waals surface area contributed by atoms with Gasteiger partial charge in [-0.05, 0) is 25.3 Å². The average Bonchev–Trinajstić information content (AvgIpc) is 2.58. The third-order valence-electron chi connectivity index (χ3n) is 3.08. The number of hydrogen-bond acceptors (Lipinski definition) is 4. The summed E-state index contributed by atoms with van der Waals surface area (Å²) >= 11 is 0. The van der Waals surface area contributed by atoms with E-state index in [1.807, 2.05) is 4.90 Å². The number of ether oxygens (including phenoxy) is 1. The molecule has 1 heterocycles. The molecule has 4 nitrogen and oxygen atoms in total. The smallest absolute Gasteiger partial charge is 0.323 e. The Kier molecular flexibility index (Phi) is 5.22. The molecule has 0 aromatic heterocycles. The Morgan fingerprint density at radius 1 is 1.56 bits per heavy atom. The normalized spacial score (nSPS) is 26.3. The quantitative estimate of drug-likeness (QED) is 0.715. The molecule has 0 aliphatic carbocycles. The van der Waals surface area contributed by atoms with Crippen LogP contribution in [0.15, 0.2) is 0 Å². The first kappa shape index (κ1) is 13.5. The molecule has 94 valence electrons. The third kappa shape index (κ3) is 3.76. The van der Waals surface area contributed by atoms with Crippen molar-refractivity contribution in [3.05, 3.63) is 0 Å². The number of hydrogen-bond donors (Lipinski definition) is 1. The van der Waals surface area contributed by atoms with E-state index in [4.69, 9.17) is 4.74 Å². The Balaban J connectivity index is 2.40. The second-order valence-corrected chi connectivity index (χ2v) is 4.96. The summed E-state index contributed by atoms with van der Waals surface area (Å²) in [5.74, 6) is 0.463. The van der Waals surface area contributed by atoms with Crippen molar-refractivity contribution in [2.45, 2.75) is 45.3 Å². The van der Waals surface area contributed by atoms with Crippen LogP contribution in [0.5, 0.6) is 0 Å². The van der Waals surface area contributed by atoms with Gasteiger partial charge in [-0.15, -0.1) is 0 Å². The topological polar surface area (TPSA) is 49.8 Å². The summed E-state index contributed by atoms with van der Waals surface area (Å²) in [5.41, 5.74) is 0. The van der Waals surface area contributed by atoms with Crippen LogP contribution in [0.2, 0.25) is 0 Å². The van der Waals surface area contributed by atoms with Crippen LogP contribution in [0.4, 0.5) is 0 Å². The lowest BCUT2D eigenvalue weighted by Gasteiger charge is -2.22. The molecule has 1 rings (SSSR count). The number of rotatable bonds is 5. The fraction of sp³-hybridized carbons (Fsp3) is 0.917. The summed E-state index contributed by atoms with van der Waals surface area (Å²) in [4.78, 5) is 13.5. The summed E-state index contributed by atoms with van der Waals surface area (Å²) < 4.78 is 4.75. The van der Waals surface area contributed by atoms with Crippen LogP contribution in [0.3, 0.4) is 0 Å². The van der Waals surface area contributed by atoms with Crippen molar-refractivity contribution >= 4 is 5.97 Å². The van der Waals surface area contributed by atoms with Crippen LogP contribution in [-0.2, 0) is 9.53 Å². The maximum absolute atomic E-state index is 11.5. The maximum Gasteiger partial charge on any atom is 0.323 e. The number of aliphatic hydroxyl groups is 1. The van der Waals surface area contributed by atoms with Gasteiger partial charge in [0, 0.05) is 13.0 Å². The third-order valence-corrected chi connectivity index (χ3v) is 3.08. The lowest BCUT2D eigenvalue weighted by Crippen LogP contribution is -2.37. The summed E-state index contributed by atoms with van der Waals surface area (Å²) in [6.07, 6.45) is 2.34. The minimum Gasteiger partial charge on any atom is -0.468 e. The van der Waals surface area contributed by atoms with E-state index < -0.39 is 0 Å². The Morgan fingerprint density at radius 2 is 2.25 bits per heavy atom. The Bertz CT molecular complexity index is 230. The molecule has 1 N–H and O–H groups in total. The Labute approximate surface area is 97.6 Å². The highest BCUT2D eigenvalue weighted by molar-refractivity contribution is 5.76. The molecule has 0 aromatic rings. The molecule has 2 unspecified atom stereocenters. The zero-order valence-electron chi connectivity index (χ0n) is 10.5. The summed E-state index contributed by atoms with van der Waals surface area (Å²) in [5, 5.41) is 9.57. The minimum atomic E-state index is -0.386. The molecule has 0 radical (unpaired) electrons. The Hall–Kier alpha value is -0.610. The number of esters is 1. The second-order valence-electron chi connectivity index (χ2n) is 4.96. The van der Waals surface area contributed by atoms with Crippen molar-refractivity contribution < 1.29 is 14.6 Å². The number of likely N-dealkylation sites (tertiary alicyclic amines) is 1. The van der Waals surface area contributed by atoms with Crippen molar-refractivity contribution in [1.82, 2.24) is 4.90 Å². The van der Waals surface area contributed by atoms with Crippen molar-refractivity contribution in [2.24, 2.45) is 5.92 Å². The molecule has 1 aliphatic rings. The second kappa shape index (κ2) is 6.21. The molecule has 1 aliphatic heterocycles. The molecular formula is C12H23NO3. The molecule has 1 fully saturated rings. The predicted molar refractivity (Wildman–Crippen MR) is 62.1 cm³/mol. The van der Waals surface area contributed by atoms with Crippen molar-refractivity contribution in [2.75, 3.05) is 20.2 Å². The van der Waals surface area contributed by atoms with Gasteiger partial charge in [0.25, 0.3) is 0 Å². The molecular weight excluding hydrogens is 206 g/mol. The molecule has 2 atom stereocenters. The molecule has 0 bridgehead atoms. The van der Waals surface area contributed by atoms with Crippen molar-refractivity contribution in [1.29, 1.82) is 0 Å².